The Bertz CT molecular complexity index is 736. The molecule has 3 rings (SSSR count). The Kier molecular flexibility index (Phi) is 4.44. The minimum Gasteiger partial charge on any atom is -0.294 e. The third kappa shape index (κ3) is 3.73. The molecule has 23 heavy (non-hydrogen) atoms. The van der Waals surface area contributed by atoms with E-state index in [1.807, 2.05) is 4.90 Å². The molecule has 1 aliphatic rings. The first-order valence-corrected chi connectivity index (χ1v) is 7.53. The van der Waals surface area contributed by atoms with Crippen LogP contribution in [0.15, 0.2) is 18.5 Å². The summed E-state index contributed by atoms with van der Waals surface area (Å²) in [7, 11) is 0. The third-order valence-corrected chi connectivity index (χ3v) is 4.09. The van der Waals surface area contributed by atoms with Crippen LogP contribution in [0.1, 0.15) is 22.6 Å². The molecule has 0 amide bonds. The maximum Gasteiger partial charge on any atom is 0.451 e. The van der Waals surface area contributed by atoms with Crippen molar-refractivity contribution in [2.75, 3.05) is 6.54 Å². The Morgan fingerprint density at radius 1 is 1.17 bits per heavy atom. The molecule has 0 fully saturated rings. The van der Waals surface area contributed by atoms with Gasteiger partial charge in [-0.15, -0.1) is 0 Å². The second-order valence-electron chi connectivity index (χ2n) is 5.23. The van der Waals surface area contributed by atoms with E-state index in [0.29, 0.717) is 47.5 Å². The highest BCUT2D eigenvalue weighted by Gasteiger charge is 2.35. The van der Waals surface area contributed by atoms with E-state index in [4.69, 9.17) is 23.2 Å². The largest absolute Gasteiger partial charge is 0.451 e. The fourth-order valence-corrected chi connectivity index (χ4v) is 2.81. The van der Waals surface area contributed by atoms with Crippen LogP contribution in [0, 0.1) is 0 Å². The minimum absolute atomic E-state index is 0.365. The average Bonchev–Trinajstić information content (AvgIpc) is 2.49. The number of nitrogens with zero attached hydrogens (tertiary/aromatic N) is 4. The topological polar surface area (TPSA) is 41.9 Å². The van der Waals surface area contributed by atoms with Gasteiger partial charge >= 0.3 is 6.18 Å². The van der Waals surface area contributed by atoms with Gasteiger partial charge in [-0.05, 0) is 6.07 Å². The molecule has 3 heterocycles. The number of pyridine rings is 1. The Morgan fingerprint density at radius 2 is 1.96 bits per heavy atom. The molecule has 2 aromatic rings. The summed E-state index contributed by atoms with van der Waals surface area (Å²) < 4.78 is 37.9. The van der Waals surface area contributed by atoms with Crippen LogP contribution < -0.4 is 0 Å². The summed E-state index contributed by atoms with van der Waals surface area (Å²) in [5, 5.41) is 0.851. The Morgan fingerprint density at radius 3 is 2.70 bits per heavy atom. The number of fused-ring (bicyclic) bond motifs is 1. The van der Waals surface area contributed by atoms with Crippen molar-refractivity contribution in [2.45, 2.75) is 25.7 Å². The zero-order valence-electron chi connectivity index (χ0n) is 11.7. The summed E-state index contributed by atoms with van der Waals surface area (Å²) in [5.41, 5.74) is 1.91. The van der Waals surface area contributed by atoms with Crippen LogP contribution in [-0.4, -0.2) is 26.4 Å². The summed E-state index contributed by atoms with van der Waals surface area (Å²) in [5.74, 6) is -1.09. The lowest BCUT2D eigenvalue weighted by molar-refractivity contribution is -0.145. The van der Waals surface area contributed by atoms with Crippen molar-refractivity contribution in [1.29, 1.82) is 0 Å². The molecule has 9 heteroatoms. The second kappa shape index (κ2) is 6.22. The van der Waals surface area contributed by atoms with Gasteiger partial charge in [0.15, 0.2) is 0 Å². The highest BCUT2D eigenvalue weighted by molar-refractivity contribution is 6.32. The predicted molar refractivity (Wildman–Crippen MR) is 79.1 cm³/mol. The van der Waals surface area contributed by atoms with Crippen LogP contribution in [-0.2, 0) is 25.7 Å². The maximum atomic E-state index is 12.6. The molecule has 1 aliphatic heterocycles. The van der Waals surface area contributed by atoms with Crippen LogP contribution in [0.4, 0.5) is 13.2 Å². The number of rotatable bonds is 2. The Balaban J connectivity index is 1.77. The van der Waals surface area contributed by atoms with E-state index in [1.165, 1.54) is 12.4 Å². The van der Waals surface area contributed by atoms with Gasteiger partial charge < -0.3 is 0 Å². The molecule has 0 spiro atoms. The summed E-state index contributed by atoms with van der Waals surface area (Å²) in [6, 6.07) is 1.73. The maximum absolute atomic E-state index is 12.6. The van der Waals surface area contributed by atoms with Crippen molar-refractivity contribution < 1.29 is 13.2 Å². The minimum atomic E-state index is -4.52. The van der Waals surface area contributed by atoms with Gasteiger partial charge in [0.25, 0.3) is 0 Å². The Labute approximate surface area is 140 Å². The molecule has 0 atom stereocenters. The van der Waals surface area contributed by atoms with Crippen molar-refractivity contribution in [3.05, 3.63) is 51.3 Å². The van der Waals surface area contributed by atoms with Crippen LogP contribution in [0.5, 0.6) is 0 Å². The van der Waals surface area contributed by atoms with Gasteiger partial charge in [0.2, 0.25) is 5.82 Å². The van der Waals surface area contributed by atoms with Crippen LogP contribution in [0.25, 0.3) is 0 Å². The molecule has 0 bridgehead atoms. The standard InChI is InChI=1S/C14H11Cl2F3N4/c15-10-3-8(12(16)20-5-10)6-23-2-1-11-9(7-23)4-21-13(22-11)14(17,18)19/h3-5H,1-2,6-7H2. The molecule has 0 aromatic carbocycles. The molecular weight excluding hydrogens is 352 g/mol. The zero-order valence-corrected chi connectivity index (χ0v) is 13.3. The van der Waals surface area contributed by atoms with Gasteiger partial charge in [0.05, 0.1) is 10.7 Å². The normalized spacial score (nSPS) is 15.5. The van der Waals surface area contributed by atoms with Crippen molar-refractivity contribution in [1.82, 2.24) is 19.9 Å². The predicted octanol–water partition coefficient (Wildman–Crippen LogP) is 3.76. The smallest absolute Gasteiger partial charge is 0.294 e. The van der Waals surface area contributed by atoms with Crippen molar-refractivity contribution in [3.63, 3.8) is 0 Å². The second-order valence-corrected chi connectivity index (χ2v) is 6.02. The number of aromatic nitrogens is 3. The highest BCUT2D eigenvalue weighted by Crippen LogP contribution is 2.28. The zero-order chi connectivity index (χ0) is 16.6. The van der Waals surface area contributed by atoms with Gasteiger partial charge in [-0.1, -0.05) is 23.2 Å². The fraction of sp³-hybridized carbons (Fsp3) is 0.357. The van der Waals surface area contributed by atoms with E-state index < -0.39 is 12.0 Å². The quantitative estimate of drug-likeness (QED) is 0.763. The monoisotopic (exact) mass is 362 g/mol. The van der Waals surface area contributed by atoms with E-state index >= 15 is 0 Å². The average molecular weight is 363 g/mol. The van der Waals surface area contributed by atoms with Crippen molar-refractivity contribution in [2.24, 2.45) is 0 Å². The van der Waals surface area contributed by atoms with Crippen molar-refractivity contribution >= 4 is 23.2 Å². The molecule has 2 aromatic heterocycles. The van der Waals surface area contributed by atoms with E-state index in [0.717, 1.165) is 5.56 Å². The van der Waals surface area contributed by atoms with E-state index in [9.17, 15) is 13.2 Å². The molecular formula is C14H11Cl2F3N4. The van der Waals surface area contributed by atoms with Crippen LogP contribution in [0.2, 0.25) is 10.2 Å². The number of hydrogen-bond donors (Lipinski definition) is 0. The van der Waals surface area contributed by atoms with Gasteiger partial charge in [0.1, 0.15) is 5.15 Å². The van der Waals surface area contributed by atoms with Gasteiger partial charge in [0, 0.05) is 49.6 Å². The Hall–Kier alpha value is -1.44. The lowest BCUT2D eigenvalue weighted by Crippen LogP contribution is -2.31. The number of hydrogen-bond acceptors (Lipinski definition) is 4. The summed E-state index contributed by atoms with van der Waals surface area (Å²) in [6.45, 7) is 1.54. The first-order chi connectivity index (χ1) is 10.8. The summed E-state index contributed by atoms with van der Waals surface area (Å²) >= 11 is 12.0. The lowest BCUT2D eigenvalue weighted by atomic mass is 10.1. The summed E-state index contributed by atoms with van der Waals surface area (Å²) in [6.07, 6.45) is -1.39. The van der Waals surface area contributed by atoms with Crippen molar-refractivity contribution in [3.8, 4) is 0 Å². The van der Waals surface area contributed by atoms with E-state index in [1.54, 1.807) is 6.07 Å². The van der Waals surface area contributed by atoms with E-state index in [2.05, 4.69) is 15.0 Å². The fourth-order valence-electron chi connectivity index (χ4n) is 2.46. The SMILES string of the molecule is FC(F)(F)c1ncc2c(n1)CCN(Cc1cc(Cl)cnc1Cl)C2. The first-order valence-electron chi connectivity index (χ1n) is 6.77. The first kappa shape index (κ1) is 16.4. The molecule has 0 unspecified atom stereocenters. The third-order valence-electron chi connectivity index (χ3n) is 3.54. The lowest BCUT2D eigenvalue weighted by Gasteiger charge is -2.28. The number of halogens is 5. The summed E-state index contributed by atoms with van der Waals surface area (Å²) in [4.78, 5) is 13.1. The van der Waals surface area contributed by atoms with E-state index in [-0.39, 0.29) is 0 Å². The van der Waals surface area contributed by atoms with Gasteiger partial charge in [-0.2, -0.15) is 13.2 Å². The molecule has 122 valence electrons. The highest BCUT2D eigenvalue weighted by atomic mass is 35.5. The molecule has 0 saturated heterocycles. The molecule has 4 nitrogen and oxygen atoms in total. The number of alkyl halides is 3. The van der Waals surface area contributed by atoms with Gasteiger partial charge in [-0.3, -0.25) is 4.90 Å². The molecule has 0 N–H and O–H groups in total. The van der Waals surface area contributed by atoms with Gasteiger partial charge in [-0.25, -0.2) is 15.0 Å². The van der Waals surface area contributed by atoms with Crippen LogP contribution >= 0.6 is 23.2 Å². The van der Waals surface area contributed by atoms with Crippen LogP contribution in [0.3, 0.4) is 0 Å². The molecule has 0 aliphatic carbocycles. The molecule has 0 radical (unpaired) electrons. The molecule has 0 saturated carbocycles.